The number of hydrogen-bond acceptors (Lipinski definition) is 6. The minimum absolute atomic E-state index is 0.0685. The van der Waals surface area contributed by atoms with Gasteiger partial charge in [0.25, 0.3) is 15.6 Å². The van der Waals surface area contributed by atoms with Crippen molar-refractivity contribution in [1.82, 2.24) is 4.57 Å². The Balaban J connectivity index is 1.60. The molecule has 0 saturated carbocycles. The maximum absolute atomic E-state index is 12.8. The Morgan fingerprint density at radius 2 is 1.66 bits per heavy atom. The fourth-order valence-electron chi connectivity index (χ4n) is 3.96. The van der Waals surface area contributed by atoms with Gasteiger partial charge in [0, 0.05) is 12.8 Å². The van der Waals surface area contributed by atoms with Crippen molar-refractivity contribution in [2.24, 2.45) is 4.99 Å². The predicted octanol–water partition coefficient (Wildman–Crippen LogP) is 4.84. The molecule has 1 heterocycles. The molecule has 38 heavy (non-hydrogen) atoms. The second kappa shape index (κ2) is 11.2. The van der Waals surface area contributed by atoms with Crippen LogP contribution in [0.4, 0.5) is 11.4 Å². The summed E-state index contributed by atoms with van der Waals surface area (Å²) >= 11 is 0. The number of hydrogen-bond donors (Lipinski definition) is 2. The van der Waals surface area contributed by atoms with Crippen LogP contribution in [0.15, 0.2) is 93.5 Å². The molecule has 3 aromatic carbocycles. The largest absolute Gasteiger partial charge is 0.494 e. The lowest BCUT2D eigenvalue weighted by Gasteiger charge is -2.14. The molecule has 0 fully saturated rings. The molecule has 0 aliphatic heterocycles. The average Bonchev–Trinajstić information content (AvgIpc) is 2.91. The Hall–Kier alpha value is -4.68. The molecule has 0 saturated heterocycles. The summed E-state index contributed by atoms with van der Waals surface area (Å²) in [5.74, 6) is -0.284. The van der Waals surface area contributed by atoms with Crippen LogP contribution in [0.1, 0.15) is 27.8 Å². The van der Waals surface area contributed by atoms with Gasteiger partial charge in [-0.1, -0.05) is 48.5 Å². The molecule has 0 spiro atoms. The normalized spacial score (nSPS) is 11.4. The molecule has 1 aromatic heterocycles. The third-order valence-corrected chi connectivity index (χ3v) is 7.57. The van der Waals surface area contributed by atoms with Crippen LogP contribution in [0, 0.1) is 25.2 Å². The number of benzene rings is 3. The zero-order chi connectivity index (χ0) is 27.3. The number of nitrogens with zero attached hydrogens (tertiary/aromatic N) is 3. The number of nitrogens with one attached hydrogen (secondary N) is 1. The number of aryl methyl sites for hydroxylation is 2. The second-order valence-electron chi connectivity index (χ2n) is 8.71. The lowest BCUT2D eigenvalue weighted by atomic mass is 10.1. The van der Waals surface area contributed by atoms with E-state index in [1.165, 1.54) is 35.0 Å². The Labute approximate surface area is 221 Å². The van der Waals surface area contributed by atoms with Crippen LogP contribution in [-0.2, 0) is 23.0 Å². The van der Waals surface area contributed by atoms with Crippen molar-refractivity contribution < 1.29 is 13.5 Å². The van der Waals surface area contributed by atoms with Crippen molar-refractivity contribution in [1.29, 1.82) is 5.26 Å². The van der Waals surface area contributed by atoms with E-state index in [2.05, 4.69) is 9.71 Å². The van der Waals surface area contributed by atoms with Gasteiger partial charge in [0.2, 0.25) is 5.88 Å². The highest BCUT2D eigenvalue weighted by atomic mass is 32.2. The van der Waals surface area contributed by atoms with Crippen molar-refractivity contribution in [2.45, 2.75) is 31.7 Å². The predicted molar refractivity (Wildman–Crippen MR) is 148 cm³/mol. The van der Waals surface area contributed by atoms with Crippen LogP contribution in [-0.4, -0.2) is 24.3 Å². The highest BCUT2D eigenvalue weighted by molar-refractivity contribution is 7.92. The highest BCUT2D eigenvalue weighted by Crippen LogP contribution is 2.24. The fraction of sp³-hybridized carbons (Fsp3) is 0.138. The van der Waals surface area contributed by atoms with Crippen molar-refractivity contribution in [3.63, 3.8) is 0 Å². The zero-order valence-electron chi connectivity index (χ0n) is 20.9. The Bertz CT molecular complexity index is 1700. The molecule has 4 rings (SSSR count). The van der Waals surface area contributed by atoms with Gasteiger partial charge in [-0.3, -0.25) is 19.1 Å². The monoisotopic (exact) mass is 526 g/mol. The molecule has 4 aromatic rings. The molecule has 0 unspecified atom stereocenters. The summed E-state index contributed by atoms with van der Waals surface area (Å²) in [5.41, 5.74) is 2.64. The molecule has 0 bridgehead atoms. The number of aromatic hydroxyl groups is 1. The van der Waals surface area contributed by atoms with Crippen molar-refractivity contribution in [3.05, 3.63) is 117 Å². The second-order valence-corrected chi connectivity index (χ2v) is 10.4. The van der Waals surface area contributed by atoms with Gasteiger partial charge in [0.1, 0.15) is 11.6 Å². The van der Waals surface area contributed by atoms with E-state index in [4.69, 9.17) is 0 Å². The van der Waals surface area contributed by atoms with Crippen molar-refractivity contribution in [2.75, 3.05) is 4.72 Å². The number of rotatable bonds is 8. The number of para-hydroxylation sites is 1. The maximum atomic E-state index is 12.8. The third-order valence-electron chi connectivity index (χ3n) is 6.19. The summed E-state index contributed by atoms with van der Waals surface area (Å²) in [6.45, 7) is 3.58. The smallest absolute Gasteiger partial charge is 0.271 e. The number of anilines is 1. The van der Waals surface area contributed by atoms with Crippen LogP contribution in [0.3, 0.4) is 0 Å². The van der Waals surface area contributed by atoms with E-state index in [9.17, 15) is 23.6 Å². The van der Waals surface area contributed by atoms with Crippen molar-refractivity contribution >= 4 is 27.6 Å². The Morgan fingerprint density at radius 3 is 2.32 bits per heavy atom. The zero-order valence-corrected chi connectivity index (χ0v) is 21.7. The third kappa shape index (κ3) is 5.66. The number of aliphatic imine (C=N–C) groups is 1. The molecule has 0 aliphatic carbocycles. The Kier molecular flexibility index (Phi) is 7.74. The first kappa shape index (κ1) is 26.4. The number of pyridine rings is 1. The molecule has 0 amide bonds. The average molecular weight is 527 g/mol. The van der Waals surface area contributed by atoms with Gasteiger partial charge in [-0.05, 0) is 67.3 Å². The summed E-state index contributed by atoms with van der Waals surface area (Å²) < 4.78 is 29.3. The number of sulfonamides is 1. The SMILES string of the molecule is Cc1ccccc1NS(=O)(=O)c1ccc(N=Cc2c(C)c(C#N)c(=O)n(CCc3ccccc3)c2O)cc1. The first-order valence-corrected chi connectivity index (χ1v) is 13.3. The van der Waals surface area contributed by atoms with Gasteiger partial charge >= 0.3 is 0 Å². The summed E-state index contributed by atoms with van der Waals surface area (Å²) in [4.78, 5) is 17.3. The Morgan fingerprint density at radius 1 is 1.00 bits per heavy atom. The quantitative estimate of drug-likeness (QED) is 0.318. The molecule has 192 valence electrons. The van der Waals surface area contributed by atoms with E-state index in [0.29, 0.717) is 23.4 Å². The van der Waals surface area contributed by atoms with Gasteiger partial charge in [-0.25, -0.2) is 8.42 Å². The van der Waals surface area contributed by atoms with Crippen LogP contribution >= 0.6 is 0 Å². The molecular weight excluding hydrogens is 500 g/mol. The van der Waals surface area contributed by atoms with E-state index < -0.39 is 15.6 Å². The summed E-state index contributed by atoms with van der Waals surface area (Å²) in [7, 11) is -3.80. The van der Waals surface area contributed by atoms with Gasteiger partial charge < -0.3 is 5.11 Å². The van der Waals surface area contributed by atoms with E-state index >= 15 is 0 Å². The molecule has 0 atom stereocenters. The van der Waals surface area contributed by atoms with E-state index in [1.807, 2.05) is 55.5 Å². The number of aromatic nitrogens is 1. The molecule has 2 N–H and O–H groups in total. The van der Waals surface area contributed by atoms with Gasteiger partial charge in [0.05, 0.1) is 21.8 Å². The lowest BCUT2D eigenvalue weighted by molar-refractivity contribution is 0.404. The van der Waals surface area contributed by atoms with Crippen LogP contribution < -0.4 is 10.3 Å². The van der Waals surface area contributed by atoms with E-state index in [0.717, 1.165) is 11.1 Å². The molecule has 9 heteroatoms. The van der Waals surface area contributed by atoms with Crippen molar-refractivity contribution in [3.8, 4) is 11.9 Å². The number of nitriles is 1. The van der Waals surface area contributed by atoms with Crippen LogP contribution in [0.25, 0.3) is 0 Å². The summed E-state index contributed by atoms with van der Waals surface area (Å²) in [5, 5.41) is 20.5. The summed E-state index contributed by atoms with van der Waals surface area (Å²) in [6, 6.07) is 24.5. The van der Waals surface area contributed by atoms with Gasteiger partial charge in [-0.2, -0.15) is 5.26 Å². The van der Waals surface area contributed by atoms with Crippen LogP contribution in [0.2, 0.25) is 0 Å². The van der Waals surface area contributed by atoms with Gasteiger partial charge in [0.15, 0.2) is 0 Å². The molecular formula is C29H26N4O4S. The standard InChI is InChI=1S/C29H26N4O4S/c1-20-8-6-7-11-27(20)32-38(36,37)24-14-12-23(13-15-24)31-19-26-21(2)25(18-30)28(34)33(29(26)35)17-16-22-9-4-3-5-10-22/h3-15,19,32,35H,16-17H2,1-2H3. The minimum atomic E-state index is -3.80. The highest BCUT2D eigenvalue weighted by Gasteiger charge is 2.18. The van der Waals surface area contributed by atoms with Gasteiger partial charge in [-0.15, -0.1) is 0 Å². The topological polar surface area (TPSA) is 125 Å². The molecule has 0 aliphatic rings. The first-order chi connectivity index (χ1) is 18.2. The molecule has 8 nitrogen and oxygen atoms in total. The summed E-state index contributed by atoms with van der Waals surface area (Å²) in [6.07, 6.45) is 1.87. The fourth-order valence-corrected chi connectivity index (χ4v) is 5.09. The van der Waals surface area contributed by atoms with E-state index in [-0.39, 0.29) is 28.4 Å². The van der Waals surface area contributed by atoms with E-state index in [1.54, 1.807) is 19.1 Å². The lowest BCUT2D eigenvalue weighted by Crippen LogP contribution is -2.26. The van der Waals surface area contributed by atoms with Crippen LogP contribution in [0.5, 0.6) is 5.88 Å². The maximum Gasteiger partial charge on any atom is 0.271 e. The molecule has 0 radical (unpaired) electrons. The first-order valence-electron chi connectivity index (χ1n) is 11.8. The minimum Gasteiger partial charge on any atom is -0.494 e.